The summed E-state index contributed by atoms with van der Waals surface area (Å²) in [5.41, 5.74) is 5.92. The van der Waals surface area contributed by atoms with Crippen LogP contribution in [0.1, 0.15) is 33.1 Å². The van der Waals surface area contributed by atoms with Crippen LogP contribution in [0.5, 0.6) is 0 Å². The van der Waals surface area contributed by atoms with Gasteiger partial charge >= 0.3 is 0 Å². The summed E-state index contributed by atoms with van der Waals surface area (Å²) in [6, 6.07) is 0.952. The maximum atomic E-state index is 5.92. The Morgan fingerprint density at radius 2 is 1.86 bits per heavy atom. The number of hydrogen-bond donors (Lipinski definition) is 1. The van der Waals surface area contributed by atoms with Crippen molar-refractivity contribution in [3.8, 4) is 0 Å². The summed E-state index contributed by atoms with van der Waals surface area (Å²) >= 11 is 0. The topological polar surface area (TPSA) is 80.4 Å². The lowest BCUT2D eigenvalue weighted by molar-refractivity contribution is 0.122. The molecule has 2 saturated heterocycles. The maximum absolute atomic E-state index is 5.92. The lowest BCUT2D eigenvalue weighted by atomic mass is 10.2. The largest absolute Gasteiger partial charge is 0.378 e. The molecule has 21 heavy (non-hydrogen) atoms. The van der Waals surface area contributed by atoms with Gasteiger partial charge < -0.3 is 20.3 Å². The van der Waals surface area contributed by atoms with E-state index in [-0.39, 0.29) is 0 Å². The highest BCUT2D eigenvalue weighted by Gasteiger charge is 2.32. The van der Waals surface area contributed by atoms with Crippen molar-refractivity contribution < 1.29 is 4.74 Å². The van der Waals surface area contributed by atoms with Gasteiger partial charge in [0, 0.05) is 25.2 Å². The number of ether oxygens (including phenoxy) is 1. The van der Waals surface area contributed by atoms with Gasteiger partial charge in [-0.3, -0.25) is 0 Å². The van der Waals surface area contributed by atoms with Gasteiger partial charge in [-0.2, -0.15) is 15.0 Å². The summed E-state index contributed by atoms with van der Waals surface area (Å²) in [6.07, 6.45) is 3.47. The van der Waals surface area contributed by atoms with Crippen molar-refractivity contribution in [2.45, 2.75) is 45.2 Å². The second-order valence-electron chi connectivity index (χ2n) is 5.79. The Morgan fingerprint density at radius 1 is 1.14 bits per heavy atom. The predicted octanol–water partition coefficient (Wildman–Crippen LogP) is 1.06. The number of rotatable bonds is 3. The molecule has 7 nitrogen and oxygen atoms in total. The molecular weight excluding hydrogens is 268 g/mol. The molecule has 0 aliphatic carbocycles. The molecule has 1 aromatic heterocycles. The van der Waals surface area contributed by atoms with E-state index in [0.717, 1.165) is 25.5 Å². The van der Waals surface area contributed by atoms with Gasteiger partial charge in [-0.25, -0.2) is 0 Å². The van der Waals surface area contributed by atoms with Crippen LogP contribution in [0.3, 0.4) is 0 Å². The van der Waals surface area contributed by atoms with Gasteiger partial charge in [-0.1, -0.05) is 6.92 Å². The first-order valence-corrected chi connectivity index (χ1v) is 7.81. The molecule has 2 N–H and O–H groups in total. The Bertz CT molecular complexity index is 490. The van der Waals surface area contributed by atoms with E-state index in [4.69, 9.17) is 10.5 Å². The number of morpholine rings is 1. The lowest BCUT2D eigenvalue weighted by Crippen LogP contribution is -2.39. The van der Waals surface area contributed by atoms with Crippen LogP contribution in [0, 0.1) is 0 Å². The third kappa shape index (κ3) is 2.88. The summed E-state index contributed by atoms with van der Waals surface area (Å²) in [4.78, 5) is 17.8. The molecule has 0 radical (unpaired) electrons. The fraction of sp³-hybridized carbons (Fsp3) is 0.786. The summed E-state index contributed by atoms with van der Waals surface area (Å²) < 4.78 is 5.38. The average Bonchev–Trinajstić information content (AvgIpc) is 2.88. The zero-order valence-corrected chi connectivity index (χ0v) is 12.8. The minimum atomic E-state index is 0.301. The van der Waals surface area contributed by atoms with E-state index < -0.39 is 0 Å². The number of nitrogen functional groups attached to an aromatic ring is 1. The van der Waals surface area contributed by atoms with Crippen LogP contribution in [-0.2, 0) is 4.74 Å². The van der Waals surface area contributed by atoms with E-state index >= 15 is 0 Å². The quantitative estimate of drug-likeness (QED) is 0.892. The summed E-state index contributed by atoms with van der Waals surface area (Å²) in [6.45, 7) is 7.45. The molecule has 2 aliphatic rings. The highest BCUT2D eigenvalue weighted by atomic mass is 16.5. The first-order chi connectivity index (χ1) is 10.2. The summed E-state index contributed by atoms with van der Waals surface area (Å²) in [5.74, 6) is 1.70. The SMILES string of the molecule is CCC1CCC(C)N1c1nc(N)nc(N2CCOCC2)n1. The zero-order chi connectivity index (χ0) is 14.8. The number of hydrogen-bond acceptors (Lipinski definition) is 7. The van der Waals surface area contributed by atoms with Crippen LogP contribution in [0.2, 0.25) is 0 Å². The first-order valence-electron chi connectivity index (χ1n) is 7.81. The van der Waals surface area contributed by atoms with Crippen LogP contribution in [-0.4, -0.2) is 53.3 Å². The van der Waals surface area contributed by atoms with Crippen molar-refractivity contribution in [1.29, 1.82) is 0 Å². The highest BCUT2D eigenvalue weighted by molar-refractivity contribution is 5.45. The molecule has 2 unspecified atom stereocenters. The van der Waals surface area contributed by atoms with Crippen molar-refractivity contribution in [1.82, 2.24) is 15.0 Å². The Kier molecular flexibility index (Phi) is 4.10. The van der Waals surface area contributed by atoms with E-state index in [0.29, 0.717) is 37.2 Å². The van der Waals surface area contributed by atoms with Gasteiger partial charge in [0.1, 0.15) is 0 Å². The zero-order valence-electron chi connectivity index (χ0n) is 12.8. The van der Waals surface area contributed by atoms with Gasteiger partial charge in [0.15, 0.2) is 0 Å². The highest BCUT2D eigenvalue weighted by Crippen LogP contribution is 2.30. The van der Waals surface area contributed by atoms with Crippen LogP contribution in [0.15, 0.2) is 0 Å². The second-order valence-corrected chi connectivity index (χ2v) is 5.79. The number of anilines is 3. The van der Waals surface area contributed by atoms with Gasteiger partial charge in [-0.05, 0) is 26.2 Å². The Morgan fingerprint density at radius 3 is 2.57 bits per heavy atom. The molecule has 2 fully saturated rings. The van der Waals surface area contributed by atoms with Crippen molar-refractivity contribution in [2.75, 3.05) is 41.8 Å². The smallest absolute Gasteiger partial charge is 0.232 e. The molecule has 116 valence electrons. The van der Waals surface area contributed by atoms with Crippen LogP contribution in [0.25, 0.3) is 0 Å². The van der Waals surface area contributed by atoms with Crippen molar-refractivity contribution >= 4 is 17.8 Å². The van der Waals surface area contributed by atoms with E-state index in [1.165, 1.54) is 12.8 Å². The molecule has 3 rings (SSSR count). The number of aromatic nitrogens is 3. The molecule has 2 atom stereocenters. The van der Waals surface area contributed by atoms with E-state index in [2.05, 4.69) is 38.6 Å². The fourth-order valence-corrected chi connectivity index (χ4v) is 3.22. The molecule has 0 bridgehead atoms. The molecule has 2 aliphatic heterocycles. The molecule has 3 heterocycles. The summed E-state index contributed by atoms with van der Waals surface area (Å²) in [7, 11) is 0. The maximum Gasteiger partial charge on any atom is 0.232 e. The van der Waals surface area contributed by atoms with E-state index in [1.54, 1.807) is 0 Å². The Balaban J connectivity index is 1.89. The van der Waals surface area contributed by atoms with Crippen molar-refractivity contribution in [3.05, 3.63) is 0 Å². The lowest BCUT2D eigenvalue weighted by Gasteiger charge is -2.30. The average molecular weight is 292 g/mol. The number of nitrogens with two attached hydrogens (primary N) is 1. The molecule has 7 heteroatoms. The van der Waals surface area contributed by atoms with Gasteiger partial charge in [0.05, 0.1) is 13.2 Å². The monoisotopic (exact) mass is 292 g/mol. The number of nitrogens with zero attached hydrogens (tertiary/aromatic N) is 5. The third-order valence-electron chi connectivity index (χ3n) is 4.41. The molecule has 0 amide bonds. The second kappa shape index (κ2) is 6.01. The van der Waals surface area contributed by atoms with Gasteiger partial charge in [0.2, 0.25) is 17.8 Å². The van der Waals surface area contributed by atoms with E-state index in [9.17, 15) is 0 Å². The Labute approximate surface area is 125 Å². The summed E-state index contributed by atoms with van der Waals surface area (Å²) in [5, 5.41) is 0. The van der Waals surface area contributed by atoms with Gasteiger partial charge in [-0.15, -0.1) is 0 Å². The first kappa shape index (κ1) is 14.3. The molecule has 0 aromatic carbocycles. The van der Waals surface area contributed by atoms with Crippen LogP contribution < -0.4 is 15.5 Å². The predicted molar refractivity (Wildman–Crippen MR) is 82.5 cm³/mol. The minimum absolute atomic E-state index is 0.301. The molecule has 1 aromatic rings. The van der Waals surface area contributed by atoms with E-state index in [1.807, 2.05) is 0 Å². The van der Waals surface area contributed by atoms with Crippen molar-refractivity contribution in [2.24, 2.45) is 0 Å². The fourth-order valence-electron chi connectivity index (χ4n) is 3.22. The van der Waals surface area contributed by atoms with Crippen LogP contribution in [0.4, 0.5) is 17.8 Å². The Hall–Kier alpha value is -1.63. The van der Waals surface area contributed by atoms with Gasteiger partial charge in [0.25, 0.3) is 0 Å². The standard InChI is InChI=1S/C14H24N6O/c1-3-11-5-4-10(2)20(11)14-17-12(15)16-13(18-14)19-6-8-21-9-7-19/h10-11H,3-9H2,1-2H3,(H2,15,16,17,18). The molecule has 0 saturated carbocycles. The molecule has 0 spiro atoms. The normalized spacial score (nSPS) is 26.4. The van der Waals surface area contributed by atoms with Crippen LogP contribution >= 0.6 is 0 Å². The third-order valence-corrected chi connectivity index (χ3v) is 4.41. The molecular formula is C14H24N6O. The minimum Gasteiger partial charge on any atom is -0.378 e. The van der Waals surface area contributed by atoms with Crippen molar-refractivity contribution in [3.63, 3.8) is 0 Å².